The fraction of sp³-hybridized carbons (Fsp3) is 0.412. The van der Waals surface area contributed by atoms with Crippen LogP contribution in [-0.2, 0) is 12.8 Å². The third-order valence-corrected chi connectivity index (χ3v) is 5.19. The molecule has 0 aliphatic heterocycles. The van der Waals surface area contributed by atoms with E-state index in [1.807, 2.05) is 11.3 Å². The molecule has 0 aliphatic rings. The van der Waals surface area contributed by atoms with Crippen molar-refractivity contribution in [1.29, 1.82) is 0 Å². The Hall–Kier alpha value is -0.640. The Kier molecular flexibility index (Phi) is 5.82. The van der Waals surface area contributed by atoms with Gasteiger partial charge in [0.15, 0.2) is 0 Å². The highest BCUT2D eigenvalue weighted by atomic mass is 79.9. The van der Waals surface area contributed by atoms with Crippen LogP contribution in [-0.4, -0.2) is 12.6 Å². The molecule has 0 aliphatic carbocycles. The average molecular weight is 352 g/mol. The summed E-state index contributed by atoms with van der Waals surface area (Å²) in [4.78, 5) is 1.44. The molecule has 0 bridgehead atoms. The zero-order valence-corrected chi connectivity index (χ0v) is 14.8. The van der Waals surface area contributed by atoms with Gasteiger partial charge in [-0.05, 0) is 72.4 Å². The van der Waals surface area contributed by atoms with Gasteiger partial charge in [0, 0.05) is 10.9 Å². The molecule has 0 fully saturated rings. The largest absolute Gasteiger partial charge is 0.314 e. The van der Waals surface area contributed by atoms with Crippen molar-refractivity contribution in [2.45, 2.75) is 39.7 Å². The van der Waals surface area contributed by atoms with Crippen LogP contribution in [0.2, 0.25) is 0 Å². The van der Waals surface area contributed by atoms with Crippen LogP contribution in [0.1, 0.15) is 28.5 Å². The first-order valence-corrected chi connectivity index (χ1v) is 8.73. The van der Waals surface area contributed by atoms with Gasteiger partial charge >= 0.3 is 0 Å². The van der Waals surface area contributed by atoms with Gasteiger partial charge < -0.3 is 5.32 Å². The van der Waals surface area contributed by atoms with E-state index in [4.69, 9.17) is 0 Å². The molecular weight excluding hydrogens is 330 g/mol. The van der Waals surface area contributed by atoms with E-state index in [1.54, 1.807) is 0 Å². The second-order valence-electron chi connectivity index (χ2n) is 5.30. The van der Waals surface area contributed by atoms with Crippen LogP contribution in [0.15, 0.2) is 34.1 Å². The van der Waals surface area contributed by atoms with E-state index in [-0.39, 0.29) is 0 Å². The molecule has 0 amide bonds. The van der Waals surface area contributed by atoms with Gasteiger partial charge in [0.2, 0.25) is 0 Å². The molecule has 3 heteroatoms. The highest BCUT2D eigenvalue weighted by molar-refractivity contribution is 9.11. The number of thiophene rings is 1. The molecule has 20 heavy (non-hydrogen) atoms. The lowest BCUT2D eigenvalue weighted by Gasteiger charge is -2.19. The molecule has 1 unspecified atom stereocenters. The molecule has 0 saturated carbocycles. The van der Waals surface area contributed by atoms with Crippen LogP contribution in [0.5, 0.6) is 0 Å². The molecule has 1 aromatic carbocycles. The van der Waals surface area contributed by atoms with Crippen LogP contribution in [0.25, 0.3) is 0 Å². The Labute approximate surface area is 134 Å². The first-order valence-electron chi connectivity index (χ1n) is 7.12. The quantitative estimate of drug-likeness (QED) is 0.780. The normalized spacial score (nSPS) is 12.6. The molecule has 0 saturated heterocycles. The van der Waals surface area contributed by atoms with Crippen molar-refractivity contribution < 1.29 is 0 Å². The fourth-order valence-electron chi connectivity index (χ4n) is 2.50. The summed E-state index contributed by atoms with van der Waals surface area (Å²) in [6, 6.07) is 11.6. The van der Waals surface area contributed by atoms with Crippen LogP contribution in [0.4, 0.5) is 0 Å². The van der Waals surface area contributed by atoms with Gasteiger partial charge in [0.05, 0.1) is 3.79 Å². The van der Waals surface area contributed by atoms with Crippen molar-refractivity contribution in [1.82, 2.24) is 5.32 Å². The SMILES string of the molecule is CCNC(Cc1ccc(Br)s1)Cc1cc(C)ccc1C. The first-order chi connectivity index (χ1) is 9.58. The van der Waals surface area contributed by atoms with Crippen molar-refractivity contribution >= 4 is 27.3 Å². The van der Waals surface area contributed by atoms with Gasteiger partial charge in [-0.2, -0.15) is 0 Å². The van der Waals surface area contributed by atoms with Gasteiger partial charge in [-0.1, -0.05) is 30.7 Å². The third-order valence-electron chi connectivity index (χ3n) is 3.54. The molecule has 1 aromatic heterocycles. The van der Waals surface area contributed by atoms with Crippen LogP contribution in [0, 0.1) is 13.8 Å². The van der Waals surface area contributed by atoms with Crippen molar-refractivity contribution in [2.24, 2.45) is 0 Å². The highest BCUT2D eigenvalue weighted by Crippen LogP contribution is 2.24. The molecule has 2 rings (SSSR count). The number of benzene rings is 1. The number of likely N-dealkylation sites (N-methyl/N-ethyl adjacent to an activating group) is 1. The molecule has 1 N–H and O–H groups in total. The number of aryl methyl sites for hydroxylation is 2. The van der Waals surface area contributed by atoms with E-state index in [9.17, 15) is 0 Å². The second kappa shape index (κ2) is 7.39. The summed E-state index contributed by atoms with van der Waals surface area (Å²) in [5.74, 6) is 0. The highest BCUT2D eigenvalue weighted by Gasteiger charge is 2.12. The van der Waals surface area contributed by atoms with Gasteiger partial charge in [-0.25, -0.2) is 0 Å². The lowest BCUT2D eigenvalue weighted by atomic mass is 9.97. The van der Waals surface area contributed by atoms with Gasteiger partial charge in [-0.15, -0.1) is 11.3 Å². The maximum Gasteiger partial charge on any atom is 0.0701 e. The van der Waals surface area contributed by atoms with Gasteiger partial charge in [0.25, 0.3) is 0 Å². The Morgan fingerprint density at radius 2 is 1.95 bits per heavy atom. The Morgan fingerprint density at radius 3 is 2.60 bits per heavy atom. The maximum atomic E-state index is 3.63. The van der Waals surface area contributed by atoms with Crippen molar-refractivity contribution in [3.8, 4) is 0 Å². The standard InChI is InChI=1S/C17H22BrNS/c1-4-19-15(11-16-7-8-17(18)20-16)10-14-9-12(2)5-6-13(14)3/h5-9,15,19H,4,10-11H2,1-3H3. The van der Waals surface area contributed by atoms with Crippen LogP contribution >= 0.6 is 27.3 Å². The first kappa shape index (κ1) is 15.7. The van der Waals surface area contributed by atoms with Crippen LogP contribution < -0.4 is 5.32 Å². The van der Waals surface area contributed by atoms with Crippen molar-refractivity contribution in [3.63, 3.8) is 0 Å². The molecular formula is C17H22BrNS. The molecule has 0 radical (unpaired) electrons. The minimum Gasteiger partial charge on any atom is -0.314 e. The van der Waals surface area contributed by atoms with E-state index in [0.29, 0.717) is 6.04 Å². The number of hydrogen-bond acceptors (Lipinski definition) is 2. The summed E-state index contributed by atoms with van der Waals surface area (Å²) in [5.41, 5.74) is 4.21. The van der Waals surface area contributed by atoms with E-state index < -0.39 is 0 Å². The Balaban J connectivity index is 2.10. The summed E-state index contributed by atoms with van der Waals surface area (Å²) in [7, 11) is 0. The minimum absolute atomic E-state index is 0.506. The van der Waals surface area contributed by atoms with Gasteiger partial charge in [-0.3, -0.25) is 0 Å². The van der Waals surface area contributed by atoms with Crippen molar-refractivity contribution in [3.05, 3.63) is 55.7 Å². The predicted molar refractivity (Wildman–Crippen MR) is 92.8 cm³/mol. The summed E-state index contributed by atoms with van der Waals surface area (Å²) in [6.45, 7) is 7.57. The second-order valence-corrected chi connectivity index (χ2v) is 7.85. The summed E-state index contributed by atoms with van der Waals surface area (Å²) < 4.78 is 1.22. The van der Waals surface area contributed by atoms with E-state index >= 15 is 0 Å². The summed E-state index contributed by atoms with van der Waals surface area (Å²) in [6.07, 6.45) is 2.19. The van der Waals surface area contributed by atoms with Crippen molar-refractivity contribution in [2.75, 3.05) is 6.54 Å². The smallest absolute Gasteiger partial charge is 0.0701 e. The number of rotatable bonds is 6. The predicted octanol–water partition coefficient (Wildman–Crippen LogP) is 4.89. The fourth-order valence-corrected chi connectivity index (χ4v) is 4.06. The molecule has 1 heterocycles. The molecule has 0 spiro atoms. The lowest BCUT2D eigenvalue weighted by molar-refractivity contribution is 0.523. The number of hydrogen-bond donors (Lipinski definition) is 1. The molecule has 1 nitrogen and oxygen atoms in total. The summed E-state index contributed by atoms with van der Waals surface area (Å²) >= 11 is 5.38. The van der Waals surface area contributed by atoms with Crippen LogP contribution in [0.3, 0.4) is 0 Å². The molecule has 108 valence electrons. The number of halogens is 1. The van der Waals surface area contributed by atoms with Gasteiger partial charge in [0.1, 0.15) is 0 Å². The lowest BCUT2D eigenvalue weighted by Crippen LogP contribution is -2.33. The zero-order chi connectivity index (χ0) is 14.5. The topological polar surface area (TPSA) is 12.0 Å². The molecule has 1 atom stereocenters. The summed E-state index contributed by atoms with van der Waals surface area (Å²) in [5, 5.41) is 3.63. The monoisotopic (exact) mass is 351 g/mol. The van der Waals surface area contributed by atoms with E-state index in [1.165, 1.54) is 25.4 Å². The Bertz CT molecular complexity index is 562. The zero-order valence-electron chi connectivity index (χ0n) is 12.4. The maximum absolute atomic E-state index is 3.63. The minimum atomic E-state index is 0.506. The average Bonchev–Trinajstić information content (AvgIpc) is 2.79. The Morgan fingerprint density at radius 1 is 1.15 bits per heavy atom. The molecule has 2 aromatic rings. The van der Waals surface area contributed by atoms with E-state index in [0.717, 1.165) is 19.4 Å². The number of nitrogens with one attached hydrogen (secondary N) is 1. The third kappa shape index (κ3) is 4.44. The van der Waals surface area contributed by atoms with E-state index in [2.05, 4.69) is 72.3 Å².